The zero-order chi connectivity index (χ0) is 20.6. The van der Waals surface area contributed by atoms with Gasteiger partial charge in [0.2, 0.25) is 5.91 Å². The van der Waals surface area contributed by atoms with Crippen LogP contribution in [0.2, 0.25) is 0 Å². The topological polar surface area (TPSA) is 82.4 Å². The van der Waals surface area contributed by atoms with Crippen LogP contribution in [0.5, 0.6) is 0 Å². The molecule has 1 N–H and O–H groups in total. The van der Waals surface area contributed by atoms with Crippen molar-refractivity contribution in [1.29, 1.82) is 5.26 Å². The summed E-state index contributed by atoms with van der Waals surface area (Å²) in [5.41, 5.74) is 1.39. The summed E-state index contributed by atoms with van der Waals surface area (Å²) in [6.07, 6.45) is 2.02. The number of carbonyl (C=O) groups is 2. The predicted octanol–water partition coefficient (Wildman–Crippen LogP) is 4.16. The third-order valence-electron chi connectivity index (χ3n) is 5.02. The fourth-order valence-corrected chi connectivity index (χ4v) is 4.48. The van der Waals surface area contributed by atoms with Gasteiger partial charge in [0.05, 0.1) is 18.2 Å². The molecule has 0 unspecified atom stereocenters. The normalized spacial score (nSPS) is 14.9. The molecule has 1 aromatic carbocycles. The van der Waals surface area contributed by atoms with E-state index in [-0.39, 0.29) is 18.4 Å². The first kappa shape index (κ1) is 21.0. The highest BCUT2D eigenvalue weighted by Gasteiger charge is 2.27. The number of hydrogen-bond donors (Lipinski definition) is 1. The number of rotatable bonds is 7. The Bertz CT molecular complexity index is 880. The zero-order valence-electron chi connectivity index (χ0n) is 16.5. The number of hydrogen-bond acceptors (Lipinski definition) is 6. The Morgan fingerprint density at radius 2 is 2.00 bits per heavy atom. The smallest absolute Gasteiger partial charge is 0.341 e. The van der Waals surface area contributed by atoms with Crippen LogP contribution in [0.1, 0.15) is 36.5 Å². The van der Waals surface area contributed by atoms with E-state index in [2.05, 4.69) is 16.3 Å². The molecule has 0 spiro atoms. The molecule has 6 nitrogen and oxygen atoms in total. The molecule has 2 aromatic rings. The van der Waals surface area contributed by atoms with Crippen LogP contribution in [-0.4, -0.2) is 43.0 Å². The lowest BCUT2D eigenvalue weighted by atomic mass is 9.96. The number of ether oxygens (including phenoxy) is 1. The van der Waals surface area contributed by atoms with Gasteiger partial charge in [-0.15, -0.1) is 11.3 Å². The van der Waals surface area contributed by atoms with Gasteiger partial charge in [-0.1, -0.05) is 30.3 Å². The molecular weight excluding hydrogens is 386 g/mol. The Balaban J connectivity index is 1.72. The molecule has 1 amide bonds. The van der Waals surface area contributed by atoms with Crippen LogP contribution in [0.4, 0.5) is 5.00 Å². The molecule has 2 heterocycles. The first-order valence-corrected chi connectivity index (χ1v) is 10.7. The molecule has 1 aliphatic heterocycles. The van der Waals surface area contributed by atoms with Crippen molar-refractivity contribution >= 4 is 28.2 Å². The maximum atomic E-state index is 12.8. The SMILES string of the molecule is CCOC(=O)c1cc(-c2ccccc2)sc1NC(=O)C1CCN(CCC#N)CC1. The van der Waals surface area contributed by atoms with Crippen LogP contribution in [0, 0.1) is 17.2 Å². The molecule has 1 aliphatic rings. The van der Waals surface area contributed by atoms with Gasteiger partial charge >= 0.3 is 5.97 Å². The van der Waals surface area contributed by atoms with Gasteiger partial charge in [0.1, 0.15) is 5.00 Å². The molecule has 0 bridgehead atoms. The van der Waals surface area contributed by atoms with Gasteiger partial charge < -0.3 is 15.0 Å². The Morgan fingerprint density at radius 1 is 1.28 bits per heavy atom. The number of nitrogens with one attached hydrogen (secondary N) is 1. The van der Waals surface area contributed by atoms with Gasteiger partial charge in [0.15, 0.2) is 0 Å². The van der Waals surface area contributed by atoms with Crippen molar-refractivity contribution < 1.29 is 14.3 Å². The highest BCUT2D eigenvalue weighted by molar-refractivity contribution is 7.20. The fraction of sp³-hybridized carbons (Fsp3) is 0.409. The third kappa shape index (κ3) is 5.43. The lowest BCUT2D eigenvalue weighted by molar-refractivity contribution is -0.121. The summed E-state index contributed by atoms with van der Waals surface area (Å²) in [6, 6.07) is 13.7. The third-order valence-corrected chi connectivity index (χ3v) is 6.12. The standard InChI is InChI=1S/C22H25N3O3S/c1-2-28-22(27)18-15-19(16-7-4-3-5-8-16)29-21(18)24-20(26)17-9-13-25(14-10-17)12-6-11-23/h3-5,7-8,15,17H,2,6,9-10,12-14H2,1H3,(H,24,26). The number of esters is 1. The molecule has 1 fully saturated rings. The summed E-state index contributed by atoms with van der Waals surface area (Å²) in [4.78, 5) is 28.4. The summed E-state index contributed by atoms with van der Waals surface area (Å²) < 4.78 is 5.18. The molecule has 0 radical (unpaired) electrons. The van der Waals surface area contributed by atoms with Crippen molar-refractivity contribution in [2.45, 2.75) is 26.2 Å². The van der Waals surface area contributed by atoms with E-state index in [9.17, 15) is 9.59 Å². The van der Waals surface area contributed by atoms with Crippen molar-refractivity contribution in [2.75, 3.05) is 31.6 Å². The molecule has 0 saturated carbocycles. The molecule has 7 heteroatoms. The van der Waals surface area contributed by atoms with E-state index in [0.29, 0.717) is 17.0 Å². The number of amides is 1. The first-order valence-electron chi connectivity index (χ1n) is 9.89. The number of nitriles is 1. The largest absolute Gasteiger partial charge is 0.462 e. The Labute approximate surface area is 175 Å². The van der Waals surface area contributed by atoms with Crippen molar-refractivity contribution in [3.05, 3.63) is 42.0 Å². The van der Waals surface area contributed by atoms with E-state index in [1.807, 2.05) is 30.3 Å². The predicted molar refractivity (Wildman–Crippen MR) is 114 cm³/mol. The zero-order valence-corrected chi connectivity index (χ0v) is 17.3. The number of anilines is 1. The molecule has 0 atom stereocenters. The number of likely N-dealkylation sites (tertiary alicyclic amines) is 1. The quantitative estimate of drug-likeness (QED) is 0.692. The van der Waals surface area contributed by atoms with E-state index >= 15 is 0 Å². The minimum absolute atomic E-state index is 0.0584. The average Bonchev–Trinajstić information content (AvgIpc) is 3.17. The molecule has 3 rings (SSSR count). The highest BCUT2D eigenvalue weighted by Crippen LogP contribution is 2.36. The van der Waals surface area contributed by atoms with Gasteiger partial charge in [-0.3, -0.25) is 4.79 Å². The number of thiophene rings is 1. The van der Waals surface area contributed by atoms with Crippen LogP contribution < -0.4 is 5.32 Å². The van der Waals surface area contributed by atoms with Crippen LogP contribution >= 0.6 is 11.3 Å². The van der Waals surface area contributed by atoms with Crippen molar-refractivity contribution in [3.63, 3.8) is 0 Å². The lowest BCUT2D eigenvalue weighted by Gasteiger charge is -2.30. The van der Waals surface area contributed by atoms with E-state index in [1.165, 1.54) is 11.3 Å². The van der Waals surface area contributed by atoms with E-state index in [0.717, 1.165) is 42.9 Å². The van der Waals surface area contributed by atoms with Gasteiger partial charge in [0.25, 0.3) is 0 Å². The van der Waals surface area contributed by atoms with E-state index in [4.69, 9.17) is 10.00 Å². The van der Waals surface area contributed by atoms with Crippen molar-refractivity contribution in [2.24, 2.45) is 5.92 Å². The number of carbonyl (C=O) groups excluding carboxylic acids is 2. The Kier molecular flexibility index (Phi) is 7.39. The number of piperidine rings is 1. The second kappa shape index (κ2) is 10.2. The van der Waals surface area contributed by atoms with E-state index in [1.54, 1.807) is 13.0 Å². The average molecular weight is 412 g/mol. The highest BCUT2D eigenvalue weighted by atomic mass is 32.1. The minimum atomic E-state index is -0.424. The summed E-state index contributed by atoms with van der Waals surface area (Å²) in [6.45, 7) is 4.42. The van der Waals surface area contributed by atoms with Crippen LogP contribution in [0.3, 0.4) is 0 Å². The Hall–Kier alpha value is -2.69. The van der Waals surface area contributed by atoms with Gasteiger partial charge in [-0.25, -0.2) is 4.79 Å². The van der Waals surface area contributed by atoms with Crippen molar-refractivity contribution in [3.8, 4) is 16.5 Å². The van der Waals surface area contributed by atoms with Crippen LogP contribution in [0.25, 0.3) is 10.4 Å². The van der Waals surface area contributed by atoms with Gasteiger partial charge in [0, 0.05) is 23.8 Å². The number of nitrogens with zero attached hydrogens (tertiary/aromatic N) is 2. The van der Waals surface area contributed by atoms with E-state index < -0.39 is 5.97 Å². The Morgan fingerprint density at radius 3 is 2.66 bits per heavy atom. The summed E-state index contributed by atoms with van der Waals surface area (Å²) >= 11 is 1.39. The minimum Gasteiger partial charge on any atom is -0.462 e. The first-order chi connectivity index (χ1) is 14.1. The maximum Gasteiger partial charge on any atom is 0.341 e. The number of benzene rings is 1. The summed E-state index contributed by atoms with van der Waals surface area (Å²) in [7, 11) is 0. The maximum absolute atomic E-state index is 12.8. The van der Waals surface area contributed by atoms with Crippen LogP contribution in [0.15, 0.2) is 36.4 Å². The lowest BCUT2D eigenvalue weighted by Crippen LogP contribution is -2.38. The molecule has 1 aromatic heterocycles. The molecule has 1 saturated heterocycles. The van der Waals surface area contributed by atoms with Crippen molar-refractivity contribution in [1.82, 2.24) is 4.90 Å². The fourth-order valence-electron chi connectivity index (χ4n) is 3.43. The van der Waals surface area contributed by atoms with Crippen LogP contribution in [-0.2, 0) is 9.53 Å². The summed E-state index contributed by atoms with van der Waals surface area (Å²) in [5, 5.41) is 12.2. The molecule has 29 heavy (non-hydrogen) atoms. The summed E-state index contributed by atoms with van der Waals surface area (Å²) in [5.74, 6) is -0.574. The second-order valence-corrected chi connectivity index (χ2v) is 8.01. The molecule has 152 valence electrons. The van der Waals surface area contributed by atoms with Gasteiger partial charge in [-0.05, 0) is 44.5 Å². The molecule has 0 aliphatic carbocycles. The van der Waals surface area contributed by atoms with Gasteiger partial charge in [-0.2, -0.15) is 5.26 Å². The second-order valence-electron chi connectivity index (χ2n) is 6.95. The monoisotopic (exact) mass is 411 g/mol. The molecular formula is C22H25N3O3S.